The van der Waals surface area contributed by atoms with Crippen molar-refractivity contribution < 1.29 is 14.3 Å². The number of ether oxygens (including phenoxy) is 2. The number of hydrogen-bond acceptors (Lipinski definition) is 3. The fourth-order valence-electron chi connectivity index (χ4n) is 2.18. The minimum absolute atomic E-state index is 0.00911. The van der Waals surface area contributed by atoms with E-state index in [2.05, 4.69) is 12.1 Å². The predicted octanol–water partition coefficient (Wildman–Crippen LogP) is 2.81. The second-order valence-corrected chi connectivity index (χ2v) is 4.92. The Balaban J connectivity index is 1.98. The van der Waals surface area contributed by atoms with Gasteiger partial charge in [-0.2, -0.15) is 0 Å². The number of hydrogen-bond donors (Lipinski definition) is 0. The topological polar surface area (TPSA) is 35.5 Å². The molecule has 0 unspecified atom stereocenters. The first-order valence-electron chi connectivity index (χ1n) is 6.12. The summed E-state index contributed by atoms with van der Waals surface area (Å²) < 4.78 is 11.0. The third kappa shape index (κ3) is 2.99. The van der Waals surface area contributed by atoms with E-state index in [1.165, 1.54) is 0 Å². The molecule has 0 fully saturated rings. The Morgan fingerprint density at radius 3 is 2.50 bits per heavy atom. The Morgan fingerprint density at radius 2 is 1.83 bits per heavy atom. The molecule has 2 rings (SSSR count). The molecule has 18 heavy (non-hydrogen) atoms. The van der Waals surface area contributed by atoms with Gasteiger partial charge in [0.1, 0.15) is 6.10 Å². The molecule has 96 valence electrons. The van der Waals surface area contributed by atoms with Gasteiger partial charge in [-0.25, -0.2) is 0 Å². The first-order valence-corrected chi connectivity index (χ1v) is 6.12. The van der Waals surface area contributed by atoms with Crippen molar-refractivity contribution in [1.29, 1.82) is 0 Å². The van der Waals surface area contributed by atoms with Gasteiger partial charge in [-0.3, -0.25) is 4.79 Å². The van der Waals surface area contributed by atoms with Crippen LogP contribution in [0.15, 0.2) is 42.5 Å². The maximum Gasteiger partial charge on any atom is 0.293 e. The van der Waals surface area contributed by atoms with E-state index in [4.69, 9.17) is 9.47 Å². The van der Waals surface area contributed by atoms with E-state index >= 15 is 0 Å². The number of rotatable bonds is 5. The van der Waals surface area contributed by atoms with Gasteiger partial charge in [0.2, 0.25) is 0 Å². The van der Waals surface area contributed by atoms with Gasteiger partial charge in [0.05, 0.1) is 11.7 Å². The maximum atomic E-state index is 10.3. The first-order chi connectivity index (χ1) is 8.62. The molecule has 1 aliphatic rings. The number of carbonyl (C=O) groups excluding carboxylic acids is 1. The van der Waals surface area contributed by atoms with Crippen molar-refractivity contribution in [2.45, 2.75) is 38.1 Å². The van der Waals surface area contributed by atoms with Crippen molar-refractivity contribution in [3.8, 4) is 0 Å². The molecule has 1 aliphatic carbocycles. The highest BCUT2D eigenvalue weighted by molar-refractivity contribution is 5.38. The first kappa shape index (κ1) is 12.8. The van der Waals surface area contributed by atoms with Crippen LogP contribution in [0.3, 0.4) is 0 Å². The van der Waals surface area contributed by atoms with Crippen molar-refractivity contribution >= 4 is 6.47 Å². The largest absolute Gasteiger partial charge is 0.460 e. The molecule has 0 heterocycles. The fraction of sp³-hybridized carbons (Fsp3) is 0.400. The third-order valence-electron chi connectivity index (χ3n) is 3.15. The normalized spacial score (nSPS) is 23.0. The fourth-order valence-corrected chi connectivity index (χ4v) is 2.18. The summed E-state index contributed by atoms with van der Waals surface area (Å²) in [5.41, 5.74) is 0.782. The minimum Gasteiger partial charge on any atom is -0.460 e. The second-order valence-electron chi connectivity index (χ2n) is 4.92. The molecule has 0 spiro atoms. The summed E-state index contributed by atoms with van der Waals surface area (Å²) in [6.07, 6.45) is 4.36. The van der Waals surface area contributed by atoms with Crippen LogP contribution in [0.4, 0.5) is 0 Å². The van der Waals surface area contributed by atoms with Crippen molar-refractivity contribution in [3.05, 3.63) is 48.0 Å². The average Bonchev–Trinajstić information content (AvgIpc) is 2.77. The monoisotopic (exact) mass is 246 g/mol. The molecule has 1 aromatic carbocycles. The second kappa shape index (κ2) is 5.36. The number of benzene rings is 1. The summed E-state index contributed by atoms with van der Waals surface area (Å²) in [4.78, 5) is 10.3. The lowest BCUT2D eigenvalue weighted by Crippen LogP contribution is -2.27. The summed E-state index contributed by atoms with van der Waals surface area (Å²) in [7, 11) is 0. The summed E-state index contributed by atoms with van der Waals surface area (Å²) in [5, 5.41) is 0. The van der Waals surface area contributed by atoms with Gasteiger partial charge in [-0.1, -0.05) is 36.4 Å². The molecule has 3 nitrogen and oxygen atoms in total. The molecule has 0 bridgehead atoms. The molecule has 0 saturated carbocycles. The number of carbonyl (C=O) groups is 1. The van der Waals surface area contributed by atoms with E-state index in [1.54, 1.807) is 0 Å². The smallest absolute Gasteiger partial charge is 0.293 e. The van der Waals surface area contributed by atoms with Gasteiger partial charge in [0.15, 0.2) is 0 Å². The van der Waals surface area contributed by atoms with Crippen LogP contribution in [0.5, 0.6) is 0 Å². The highest BCUT2D eigenvalue weighted by Crippen LogP contribution is 2.29. The van der Waals surface area contributed by atoms with Crippen LogP contribution in [0, 0.1) is 0 Å². The lowest BCUT2D eigenvalue weighted by molar-refractivity contribution is -0.133. The van der Waals surface area contributed by atoms with Crippen molar-refractivity contribution in [1.82, 2.24) is 0 Å². The predicted molar refractivity (Wildman–Crippen MR) is 69.0 cm³/mol. The van der Waals surface area contributed by atoms with Gasteiger partial charge >= 0.3 is 0 Å². The van der Waals surface area contributed by atoms with Crippen LogP contribution in [-0.2, 0) is 19.9 Å². The van der Waals surface area contributed by atoms with Gasteiger partial charge < -0.3 is 9.47 Å². The molecule has 3 heteroatoms. The van der Waals surface area contributed by atoms with Crippen LogP contribution in [-0.4, -0.2) is 18.7 Å². The molecular formula is C15H18O3. The molecular weight excluding hydrogens is 228 g/mol. The standard InChI is InChI=1S/C15H18O3/c1-15(2,12-6-4-3-5-7-12)18-14-9-8-13(10-14)17-11-16/h3-9,11,13-14H,10H2,1-2H3/t13-,14+/m1/s1. The molecule has 0 saturated heterocycles. The van der Waals surface area contributed by atoms with E-state index in [0.717, 1.165) is 5.56 Å². The van der Waals surface area contributed by atoms with Crippen LogP contribution < -0.4 is 0 Å². The Bertz CT molecular complexity index is 423. The maximum absolute atomic E-state index is 10.3. The van der Waals surface area contributed by atoms with Crippen LogP contribution in [0.2, 0.25) is 0 Å². The Kier molecular flexibility index (Phi) is 3.82. The highest BCUT2D eigenvalue weighted by atomic mass is 16.5. The van der Waals surface area contributed by atoms with Crippen LogP contribution >= 0.6 is 0 Å². The summed E-state index contributed by atoms with van der Waals surface area (Å²) in [5.74, 6) is 0. The zero-order valence-corrected chi connectivity index (χ0v) is 10.7. The quantitative estimate of drug-likeness (QED) is 0.592. The summed E-state index contributed by atoms with van der Waals surface area (Å²) >= 11 is 0. The summed E-state index contributed by atoms with van der Waals surface area (Å²) in [6, 6.07) is 10.1. The average molecular weight is 246 g/mol. The third-order valence-corrected chi connectivity index (χ3v) is 3.15. The van der Waals surface area contributed by atoms with E-state index in [-0.39, 0.29) is 17.8 Å². The lowest BCUT2D eigenvalue weighted by Gasteiger charge is -2.29. The van der Waals surface area contributed by atoms with E-state index in [1.807, 2.05) is 44.2 Å². The van der Waals surface area contributed by atoms with Crippen molar-refractivity contribution in [3.63, 3.8) is 0 Å². The SMILES string of the molecule is CC(C)(O[C@H]1C=C[C@@H](OC=O)C1)c1ccccc1. The van der Waals surface area contributed by atoms with Crippen LogP contribution in [0.1, 0.15) is 25.8 Å². The molecule has 0 radical (unpaired) electrons. The lowest BCUT2D eigenvalue weighted by atomic mass is 9.98. The highest BCUT2D eigenvalue weighted by Gasteiger charge is 2.28. The van der Waals surface area contributed by atoms with Crippen LogP contribution in [0.25, 0.3) is 0 Å². The van der Waals surface area contributed by atoms with Gasteiger partial charge in [0, 0.05) is 6.42 Å². The zero-order valence-electron chi connectivity index (χ0n) is 10.7. The van der Waals surface area contributed by atoms with Crippen molar-refractivity contribution in [2.75, 3.05) is 0 Å². The summed E-state index contributed by atoms with van der Waals surface area (Å²) in [6.45, 7) is 4.58. The zero-order chi connectivity index (χ0) is 13.0. The van der Waals surface area contributed by atoms with E-state index in [0.29, 0.717) is 12.9 Å². The molecule has 0 aromatic heterocycles. The van der Waals surface area contributed by atoms with Gasteiger partial charge in [-0.05, 0) is 25.5 Å². The molecule has 0 amide bonds. The van der Waals surface area contributed by atoms with E-state index < -0.39 is 0 Å². The Labute approximate surface area is 107 Å². The van der Waals surface area contributed by atoms with E-state index in [9.17, 15) is 4.79 Å². The Morgan fingerprint density at radius 1 is 1.17 bits per heavy atom. The van der Waals surface area contributed by atoms with Gasteiger partial charge in [-0.15, -0.1) is 0 Å². The molecule has 0 N–H and O–H groups in total. The van der Waals surface area contributed by atoms with Gasteiger partial charge in [0.25, 0.3) is 6.47 Å². The van der Waals surface area contributed by atoms with Crippen molar-refractivity contribution in [2.24, 2.45) is 0 Å². The molecule has 1 aromatic rings. The molecule has 2 atom stereocenters. The minimum atomic E-state index is -0.355. The molecule has 0 aliphatic heterocycles. The Hall–Kier alpha value is -1.61.